The third kappa shape index (κ3) is 5.61. The van der Waals surface area contributed by atoms with Gasteiger partial charge in [0.25, 0.3) is 5.91 Å². The van der Waals surface area contributed by atoms with Crippen molar-refractivity contribution in [2.24, 2.45) is 0 Å². The summed E-state index contributed by atoms with van der Waals surface area (Å²) in [6.07, 6.45) is 0.962. The van der Waals surface area contributed by atoms with Crippen LogP contribution in [0.3, 0.4) is 0 Å². The summed E-state index contributed by atoms with van der Waals surface area (Å²) < 4.78 is 11.3. The lowest BCUT2D eigenvalue weighted by Crippen LogP contribution is -2.11. The average molecular weight is 361 g/mol. The van der Waals surface area contributed by atoms with E-state index in [4.69, 9.17) is 9.47 Å². The van der Waals surface area contributed by atoms with E-state index < -0.39 is 0 Å². The highest BCUT2D eigenvalue weighted by molar-refractivity contribution is 6.04. The fourth-order valence-electron chi connectivity index (χ4n) is 2.50. The number of carbonyl (C=O) groups excluding carboxylic acids is 1. The van der Waals surface area contributed by atoms with Gasteiger partial charge in [0.15, 0.2) is 0 Å². The van der Waals surface area contributed by atoms with Gasteiger partial charge in [0.1, 0.15) is 18.1 Å². The van der Waals surface area contributed by atoms with Crippen molar-refractivity contribution in [3.63, 3.8) is 0 Å². The largest absolute Gasteiger partial charge is 0.494 e. The molecule has 0 aliphatic carbocycles. The molecule has 0 saturated carbocycles. The van der Waals surface area contributed by atoms with E-state index in [9.17, 15) is 4.79 Å². The van der Waals surface area contributed by atoms with Gasteiger partial charge < -0.3 is 14.8 Å². The smallest absolute Gasteiger partial charge is 0.255 e. The molecule has 0 heterocycles. The molecule has 0 aliphatic rings. The molecule has 3 aromatic carbocycles. The number of hydrogen-bond donors (Lipinski definition) is 1. The third-order valence-corrected chi connectivity index (χ3v) is 3.95. The van der Waals surface area contributed by atoms with Crippen molar-refractivity contribution in [3.8, 4) is 11.5 Å². The van der Waals surface area contributed by atoms with Crippen molar-refractivity contribution in [1.82, 2.24) is 0 Å². The van der Waals surface area contributed by atoms with Crippen LogP contribution < -0.4 is 14.8 Å². The van der Waals surface area contributed by atoms with E-state index in [1.54, 1.807) is 24.3 Å². The van der Waals surface area contributed by atoms with E-state index in [-0.39, 0.29) is 5.91 Å². The molecule has 27 heavy (non-hydrogen) atoms. The summed E-state index contributed by atoms with van der Waals surface area (Å²) in [5, 5.41) is 2.88. The van der Waals surface area contributed by atoms with Crippen LogP contribution in [0.15, 0.2) is 78.9 Å². The lowest BCUT2D eigenvalue weighted by Gasteiger charge is -2.09. The number of hydrogen-bond acceptors (Lipinski definition) is 3. The van der Waals surface area contributed by atoms with Gasteiger partial charge in [-0.05, 0) is 60.5 Å². The maximum absolute atomic E-state index is 12.4. The second-order valence-corrected chi connectivity index (χ2v) is 6.13. The van der Waals surface area contributed by atoms with Crippen LogP contribution in [0.5, 0.6) is 11.5 Å². The Bertz CT molecular complexity index is 843. The van der Waals surface area contributed by atoms with Crippen molar-refractivity contribution in [1.29, 1.82) is 0 Å². The van der Waals surface area contributed by atoms with Crippen molar-refractivity contribution in [2.45, 2.75) is 20.0 Å². The minimum absolute atomic E-state index is 0.160. The summed E-state index contributed by atoms with van der Waals surface area (Å²) in [5.41, 5.74) is 2.41. The molecule has 0 saturated heterocycles. The molecule has 0 unspecified atom stereocenters. The molecule has 4 heteroatoms. The molecule has 138 valence electrons. The predicted octanol–water partition coefficient (Wildman–Crippen LogP) is 5.31. The highest BCUT2D eigenvalue weighted by Gasteiger charge is 2.07. The quantitative estimate of drug-likeness (QED) is 0.592. The zero-order valence-corrected chi connectivity index (χ0v) is 15.4. The first kappa shape index (κ1) is 18.5. The van der Waals surface area contributed by atoms with Gasteiger partial charge in [-0.15, -0.1) is 0 Å². The summed E-state index contributed by atoms with van der Waals surface area (Å²) in [7, 11) is 0. The molecule has 0 spiro atoms. The summed E-state index contributed by atoms with van der Waals surface area (Å²) in [5.74, 6) is 1.37. The van der Waals surface area contributed by atoms with Crippen LogP contribution in [-0.2, 0) is 6.61 Å². The normalized spacial score (nSPS) is 10.3. The zero-order valence-electron chi connectivity index (χ0n) is 15.4. The molecule has 3 rings (SSSR count). The molecule has 3 aromatic rings. The van der Waals surface area contributed by atoms with Crippen molar-refractivity contribution in [2.75, 3.05) is 11.9 Å². The van der Waals surface area contributed by atoms with E-state index in [1.165, 1.54) is 0 Å². The van der Waals surface area contributed by atoms with Gasteiger partial charge in [-0.2, -0.15) is 0 Å². The van der Waals surface area contributed by atoms with Crippen LogP contribution in [0.25, 0.3) is 0 Å². The maximum Gasteiger partial charge on any atom is 0.255 e. The summed E-state index contributed by atoms with van der Waals surface area (Å²) in [6.45, 7) is 3.25. The first-order chi connectivity index (χ1) is 13.2. The Balaban J connectivity index is 1.54. The minimum Gasteiger partial charge on any atom is -0.494 e. The number of rotatable bonds is 8. The highest BCUT2D eigenvalue weighted by Crippen LogP contribution is 2.18. The molecule has 1 amide bonds. The van der Waals surface area contributed by atoms with Gasteiger partial charge >= 0.3 is 0 Å². The topological polar surface area (TPSA) is 47.6 Å². The fourth-order valence-corrected chi connectivity index (χ4v) is 2.50. The number of nitrogens with one attached hydrogen (secondary N) is 1. The van der Waals surface area contributed by atoms with E-state index >= 15 is 0 Å². The fraction of sp³-hybridized carbons (Fsp3) is 0.174. The predicted molar refractivity (Wildman–Crippen MR) is 107 cm³/mol. The number of amides is 1. The molecule has 0 aromatic heterocycles. The molecule has 0 radical (unpaired) electrons. The Morgan fingerprint density at radius 3 is 2.11 bits per heavy atom. The second-order valence-electron chi connectivity index (χ2n) is 6.13. The van der Waals surface area contributed by atoms with Crippen LogP contribution in [0, 0.1) is 0 Å². The summed E-state index contributed by atoms with van der Waals surface area (Å²) in [4.78, 5) is 12.4. The lowest BCUT2D eigenvalue weighted by atomic mass is 10.2. The van der Waals surface area contributed by atoms with Gasteiger partial charge in [-0.1, -0.05) is 37.3 Å². The first-order valence-corrected chi connectivity index (χ1v) is 9.05. The molecule has 0 bridgehead atoms. The van der Waals surface area contributed by atoms with E-state index in [2.05, 4.69) is 12.2 Å². The van der Waals surface area contributed by atoms with Gasteiger partial charge in [0.05, 0.1) is 6.61 Å². The molecule has 1 N–H and O–H groups in total. The number of anilines is 1. The molecular weight excluding hydrogens is 338 g/mol. The Morgan fingerprint density at radius 2 is 1.44 bits per heavy atom. The van der Waals surface area contributed by atoms with Gasteiger partial charge in [-0.3, -0.25) is 4.79 Å². The molecule has 0 fully saturated rings. The SMILES string of the molecule is CCCOc1ccc(NC(=O)c2ccc(OCc3ccccc3)cc2)cc1. The van der Waals surface area contributed by atoms with E-state index in [0.29, 0.717) is 18.8 Å². The molecular formula is C23H23NO3. The number of ether oxygens (including phenoxy) is 2. The van der Waals surface area contributed by atoms with Gasteiger partial charge in [0.2, 0.25) is 0 Å². The van der Waals surface area contributed by atoms with Crippen LogP contribution in [0.4, 0.5) is 5.69 Å². The van der Waals surface area contributed by atoms with E-state index in [1.807, 2.05) is 54.6 Å². The van der Waals surface area contributed by atoms with Crippen LogP contribution >= 0.6 is 0 Å². The van der Waals surface area contributed by atoms with Gasteiger partial charge in [-0.25, -0.2) is 0 Å². The standard InChI is InChI=1S/C23H23NO3/c1-2-16-26-21-14-10-20(11-15-21)24-23(25)19-8-12-22(13-9-19)27-17-18-6-4-3-5-7-18/h3-15H,2,16-17H2,1H3,(H,24,25). The van der Waals surface area contributed by atoms with Gasteiger partial charge in [0, 0.05) is 11.3 Å². The van der Waals surface area contributed by atoms with E-state index in [0.717, 1.165) is 29.2 Å². The summed E-state index contributed by atoms with van der Waals surface area (Å²) >= 11 is 0. The second kappa shape index (κ2) is 9.43. The highest BCUT2D eigenvalue weighted by atomic mass is 16.5. The average Bonchev–Trinajstić information content (AvgIpc) is 2.73. The molecule has 0 aliphatic heterocycles. The lowest BCUT2D eigenvalue weighted by molar-refractivity contribution is 0.102. The van der Waals surface area contributed by atoms with Crippen molar-refractivity contribution in [3.05, 3.63) is 90.0 Å². The Morgan fingerprint density at radius 1 is 0.815 bits per heavy atom. The first-order valence-electron chi connectivity index (χ1n) is 9.05. The van der Waals surface area contributed by atoms with Crippen molar-refractivity contribution < 1.29 is 14.3 Å². The zero-order chi connectivity index (χ0) is 18.9. The maximum atomic E-state index is 12.4. The Labute approximate surface area is 159 Å². The molecule has 0 atom stereocenters. The summed E-state index contributed by atoms with van der Waals surface area (Å²) in [6, 6.07) is 24.5. The molecule has 4 nitrogen and oxygen atoms in total. The van der Waals surface area contributed by atoms with Crippen LogP contribution in [0.1, 0.15) is 29.3 Å². The van der Waals surface area contributed by atoms with Crippen LogP contribution in [-0.4, -0.2) is 12.5 Å². The Kier molecular flexibility index (Phi) is 6.47. The van der Waals surface area contributed by atoms with Crippen LogP contribution in [0.2, 0.25) is 0 Å². The number of benzene rings is 3. The number of carbonyl (C=O) groups is 1. The Hall–Kier alpha value is -3.27. The monoisotopic (exact) mass is 361 g/mol. The third-order valence-electron chi connectivity index (χ3n) is 3.95. The van der Waals surface area contributed by atoms with Crippen molar-refractivity contribution >= 4 is 11.6 Å². The minimum atomic E-state index is -0.160.